The van der Waals surface area contributed by atoms with Crippen LogP contribution in [0.15, 0.2) is 370 Å². The van der Waals surface area contributed by atoms with E-state index >= 15 is 0 Å². The van der Waals surface area contributed by atoms with Gasteiger partial charge < -0.3 is 71.1 Å². The molecular weight excluding hydrogens is 1700 g/mol. The quantitative estimate of drug-likeness (QED) is 0.0204. The number of nitrogens with one attached hydrogen (secondary N) is 4. The van der Waals surface area contributed by atoms with Gasteiger partial charge in [-0.25, -0.2) is 24.0 Å². The van der Waals surface area contributed by atoms with Crippen molar-refractivity contribution in [2.24, 2.45) is 0 Å². The molecule has 676 valence electrons. The van der Waals surface area contributed by atoms with Gasteiger partial charge in [0.1, 0.15) is 150 Å². The fourth-order valence-electron chi connectivity index (χ4n) is 13.8. The van der Waals surface area contributed by atoms with Gasteiger partial charge in [0.25, 0.3) is 0 Å². The van der Waals surface area contributed by atoms with E-state index in [4.69, 9.17) is 71.1 Å². The van der Waals surface area contributed by atoms with E-state index in [1.807, 2.05) is 243 Å². The molecule has 15 aromatic carbocycles. The lowest BCUT2D eigenvalue weighted by Gasteiger charge is -2.16. The van der Waals surface area contributed by atoms with Crippen molar-refractivity contribution in [3.05, 3.63) is 454 Å². The van der Waals surface area contributed by atoms with Crippen LogP contribution in [0.4, 0.5) is 41.9 Å². The van der Waals surface area contributed by atoms with Crippen LogP contribution in [-0.4, -0.2) is 37.5 Å². The lowest BCUT2D eigenvalue weighted by molar-refractivity contribution is 0.0599. The molecule has 15 aromatic rings. The minimum absolute atomic E-state index is 0.0317. The lowest BCUT2D eigenvalue weighted by Crippen LogP contribution is -2.16. The van der Waals surface area contributed by atoms with Crippen LogP contribution in [0.2, 0.25) is 0 Å². The Hall–Kier alpha value is -17.2. The summed E-state index contributed by atoms with van der Waals surface area (Å²) < 4.78 is 91.8. The molecule has 0 aliphatic carbocycles. The molecule has 0 atom stereocenters. The maximum Gasteiger partial charge on any atom is 0.411 e. The first-order chi connectivity index (χ1) is 65.7. The molecule has 0 radical (unpaired) electrons. The van der Waals surface area contributed by atoms with Gasteiger partial charge in [-0.3, -0.25) is 21.3 Å². The van der Waals surface area contributed by atoms with E-state index in [9.17, 15) is 24.0 Å². The van der Waals surface area contributed by atoms with Crippen LogP contribution in [0.1, 0.15) is 88.2 Å². The summed E-state index contributed by atoms with van der Waals surface area (Å²) >= 11 is 0. The first-order valence-electron chi connectivity index (χ1n) is 43.1. The molecule has 0 spiro atoms. The Labute approximate surface area is 775 Å². The Morgan fingerprint density at radius 1 is 0.179 bits per heavy atom. The molecule has 4 amide bonds. The molecular formula is C110H96N4O20. The van der Waals surface area contributed by atoms with Gasteiger partial charge in [-0.1, -0.05) is 243 Å². The zero-order valence-electron chi connectivity index (χ0n) is 73.3. The zero-order valence-corrected chi connectivity index (χ0v) is 73.3. The van der Waals surface area contributed by atoms with Gasteiger partial charge in [-0.15, -0.1) is 0 Å². The number of esters is 1. The molecule has 0 aliphatic heterocycles. The largest absolute Gasteiger partial charge is 0.489 e. The third kappa shape index (κ3) is 30.0. The summed E-state index contributed by atoms with van der Waals surface area (Å²) in [4.78, 5) is 70.2. The number of benzene rings is 15. The number of amides is 4. The Bertz CT molecular complexity index is 5410. The fraction of sp³-hybridized carbons (Fsp3) is 0.136. The van der Waals surface area contributed by atoms with Crippen LogP contribution in [-0.2, 0) is 116 Å². The first kappa shape index (κ1) is 91.6. The average Bonchev–Trinajstić information content (AvgIpc) is 0.854. The monoisotopic (exact) mass is 1790 g/mol. The van der Waals surface area contributed by atoms with E-state index in [0.29, 0.717) is 79.4 Å². The number of ether oxygens (including phenoxy) is 15. The minimum atomic E-state index is -0.861. The van der Waals surface area contributed by atoms with E-state index in [-0.39, 0.29) is 132 Å². The number of methoxy groups -OCH3 is 1. The van der Waals surface area contributed by atoms with Crippen LogP contribution in [0.5, 0.6) is 57.5 Å². The van der Waals surface area contributed by atoms with Gasteiger partial charge in [0.05, 0.1) is 12.7 Å². The van der Waals surface area contributed by atoms with Gasteiger partial charge >= 0.3 is 30.3 Å². The number of hydrogen-bond donors (Lipinski definition) is 4. The lowest BCUT2D eigenvalue weighted by atomic mass is 10.1. The highest BCUT2D eigenvalue weighted by Crippen LogP contribution is 2.34. The van der Waals surface area contributed by atoms with E-state index in [1.165, 1.54) is 37.4 Å². The van der Waals surface area contributed by atoms with E-state index in [2.05, 4.69) is 21.3 Å². The van der Waals surface area contributed by atoms with Crippen LogP contribution in [0.3, 0.4) is 0 Å². The van der Waals surface area contributed by atoms with Gasteiger partial charge in [0.15, 0.2) is 0 Å². The number of anilines is 4. The summed E-state index contributed by atoms with van der Waals surface area (Å²) in [7, 11) is 1.23. The van der Waals surface area contributed by atoms with Crippen LogP contribution in [0, 0.1) is 0 Å². The molecule has 15 rings (SSSR count). The third-order valence-electron chi connectivity index (χ3n) is 20.3. The molecule has 24 heteroatoms. The summed E-state index contributed by atoms with van der Waals surface area (Å²) in [5.41, 5.74) is 11.3. The summed E-state index contributed by atoms with van der Waals surface area (Å²) in [6.07, 6.45) is -3.44. The van der Waals surface area contributed by atoms with E-state index in [0.717, 1.165) is 44.5 Å². The predicted octanol–water partition coefficient (Wildman–Crippen LogP) is 24.3. The maximum absolute atomic E-state index is 14.1. The Morgan fingerprint density at radius 3 is 0.507 bits per heavy atom. The Kier molecular flexibility index (Phi) is 32.7. The number of rotatable bonds is 43. The molecule has 4 N–H and O–H groups in total. The van der Waals surface area contributed by atoms with Crippen molar-refractivity contribution in [1.82, 2.24) is 0 Å². The topological polar surface area (TPSA) is 272 Å². The number of carbonyl (C=O) groups excluding carboxylic acids is 5. The van der Waals surface area contributed by atoms with E-state index in [1.54, 1.807) is 97.1 Å². The maximum atomic E-state index is 14.1. The van der Waals surface area contributed by atoms with Crippen LogP contribution in [0.25, 0.3) is 0 Å². The second kappa shape index (κ2) is 47.8. The van der Waals surface area contributed by atoms with E-state index < -0.39 is 30.3 Å². The molecule has 0 saturated carbocycles. The van der Waals surface area contributed by atoms with Crippen LogP contribution < -0.4 is 68.6 Å². The Balaban J connectivity index is 0.674. The van der Waals surface area contributed by atoms with Gasteiger partial charge in [-0.2, -0.15) is 0 Å². The highest BCUT2D eigenvalue weighted by Gasteiger charge is 2.20. The molecule has 0 fully saturated rings. The smallest absolute Gasteiger partial charge is 0.411 e. The highest BCUT2D eigenvalue weighted by atomic mass is 16.6. The van der Waals surface area contributed by atoms with Crippen molar-refractivity contribution in [3.63, 3.8) is 0 Å². The fourth-order valence-corrected chi connectivity index (χ4v) is 13.8. The van der Waals surface area contributed by atoms with Crippen molar-refractivity contribution in [1.29, 1.82) is 0 Å². The van der Waals surface area contributed by atoms with Crippen molar-refractivity contribution < 1.29 is 95.0 Å². The minimum Gasteiger partial charge on any atom is -0.489 e. The molecule has 0 heterocycles. The third-order valence-corrected chi connectivity index (χ3v) is 20.3. The summed E-state index contributed by atoms with van der Waals surface area (Å²) in [5.74, 6) is 3.36. The number of hydrogen-bond acceptors (Lipinski definition) is 20. The first-order valence-corrected chi connectivity index (χ1v) is 43.1. The normalized spacial score (nSPS) is 10.7. The van der Waals surface area contributed by atoms with Gasteiger partial charge in [-0.05, 0) is 175 Å². The van der Waals surface area contributed by atoms with Crippen molar-refractivity contribution in [2.45, 2.75) is 92.5 Å². The summed E-state index contributed by atoms with van der Waals surface area (Å²) in [5, 5.41) is 11.3. The molecule has 24 nitrogen and oxygen atoms in total. The summed E-state index contributed by atoms with van der Waals surface area (Å²) in [6, 6.07) is 113. The molecule has 0 bridgehead atoms. The SMILES string of the molecule is COC(=O)c1cc(OCc2cc(NC(=O)OCc3cc(OCc4ccccc4)cc(OCc4ccccc4)c3)cc(NC(=O)OCc3cc(OCc4ccccc4)cc(OCc4ccccc4)c3)c2)cc(OCc2cc(NC(=O)OCc3cc(OCc4ccccc4)cc(OCc4ccccc4)c3)cc(NC(=O)OCc3cc(OCc4ccccc4)cc(OCc4ccccc4)c3)c2)c1. The second-order valence-electron chi connectivity index (χ2n) is 30.8. The number of carbonyl (C=O) groups is 5. The molecule has 0 unspecified atom stereocenters. The second-order valence-corrected chi connectivity index (χ2v) is 30.8. The van der Waals surface area contributed by atoms with Gasteiger partial charge in [0.2, 0.25) is 0 Å². The van der Waals surface area contributed by atoms with Crippen molar-refractivity contribution in [2.75, 3.05) is 28.4 Å². The highest BCUT2D eigenvalue weighted by molar-refractivity contribution is 5.92. The molecule has 0 aliphatic rings. The molecule has 0 saturated heterocycles. The molecule has 134 heavy (non-hydrogen) atoms. The summed E-state index contributed by atoms with van der Waals surface area (Å²) in [6.45, 7) is 0.769. The zero-order chi connectivity index (χ0) is 92.1. The predicted molar refractivity (Wildman–Crippen MR) is 507 cm³/mol. The van der Waals surface area contributed by atoms with Gasteiger partial charge in [0, 0.05) is 53.1 Å². The molecule has 0 aromatic heterocycles. The van der Waals surface area contributed by atoms with Crippen molar-refractivity contribution in [3.8, 4) is 57.5 Å². The Morgan fingerprint density at radius 2 is 0.336 bits per heavy atom. The standard InChI is InChI=1S/C110H96N4O20/c1-120-106(115)91-54-104(129-71-85-42-92(111-107(116)131-73-87-46-96(121-63-77-26-10-2-11-27-77)58-97(47-87)122-64-78-28-12-3-13-29-78)56-93(43-85)112-108(117)132-74-88-48-98(123-65-79-30-14-4-15-31-79)59-99(49-88)124-66-80-32-16-5-17-33-80)62-105(55-91)130-72-86-44-94(113-109(118)133-75-89-50-100(125-67-81-34-18-6-19-35-81)60-101(51-89)126-68-82-36-20-7-21-37-82)57-95(45-86)114-110(119)134-76-90-52-102(127-69-83-38-22-8-23-39-83)61-103(53-90)128-70-84-40-24-9-25-41-84/h2-62H,63-76H2,1H3,(H,111,116)(H,112,117)(H,113,118)(H,114,119). The average molecular weight is 1790 g/mol. The van der Waals surface area contributed by atoms with Crippen LogP contribution >= 0.6 is 0 Å². The van der Waals surface area contributed by atoms with Crippen molar-refractivity contribution >= 4 is 53.1 Å².